The Morgan fingerprint density at radius 2 is 1.82 bits per heavy atom. The summed E-state index contributed by atoms with van der Waals surface area (Å²) in [5.41, 5.74) is 1.55. The molecule has 0 bridgehead atoms. The lowest BCUT2D eigenvalue weighted by Crippen LogP contribution is -2.25. The van der Waals surface area contributed by atoms with Gasteiger partial charge < -0.3 is 0 Å². The van der Waals surface area contributed by atoms with Gasteiger partial charge >= 0.3 is 0 Å². The summed E-state index contributed by atoms with van der Waals surface area (Å²) in [5.74, 6) is -0.257. The van der Waals surface area contributed by atoms with E-state index >= 15 is 0 Å². The van der Waals surface area contributed by atoms with Gasteiger partial charge in [-0.3, -0.25) is 10.1 Å². The Balaban J connectivity index is 1.55. The fourth-order valence-electron chi connectivity index (χ4n) is 2.31. The molecule has 28 heavy (non-hydrogen) atoms. The Morgan fingerprint density at radius 3 is 2.54 bits per heavy atom. The van der Waals surface area contributed by atoms with Gasteiger partial charge in [0.1, 0.15) is 5.01 Å². The van der Waals surface area contributed by atoms with E-state index in [2.05, 4.69) is 42.8 Å². The fourth-order valence-corrected chi connectivity index (χ4v) is 4.71. The number of hydrogen-bond acceptors (Lipinski definition) is 6. The smallest absolute Gasteiger partial charge is 0.258 e. The second-order valence-corrected chi connectivity index (χ2v) is 9.89. The molecule has 0 aliphatic rings. The van der Waals surface area contributed by atoms with E-state index in [1.807, 2.05) is 19.1 Å². The molecule has 146 valence electrons. The molecule has 1 heterocycles. The topological polar surface area (TPSA) is 101 Å². The van der Waals surface area contributed by atoms with Crippen LogP contribution in [0.15, 0.2) is 53.4 Å². The van der Waals surface area contributed by atoms with Crippen LogP contribution in [0.25, 0.3) is 0 Å². The van der Waals surface area contributed by atoms with Crippen LogP contribution in [0.5, 0.6) is 0 Å². The molecular formula is C18H17IN4O3S2. The first-order valence-corrected chi connectivity index (χ1v) is 11.7. The number of carbonyl (C=O) groups is 1. The van der Waals surface area contributed by atoms with Crippen molar-refractivity contribution in [1.82, 2.24) is 14.9 Å². The van der Waals surface area contributed by atoms with Crippen molar-refractivity contribution in [3.8, 4) is 0 Å². The molecule has 0 spiro atoms. The molecule has 7 nitrogen and oxygen atoms in total. The lowest BCUT2D eigenvalue weighted by Gasteiger charge is -2.05. The molecule has 3 rings (SSSR count). The highest BCUT2D eigenvalue weighted by Crippen LogP contribution is 2.19. The third-order valence-electron chi connectivity index (χ3n) is 3.77. The Hall–Kier alpha value is -1.89. The summed E-state index contributed by atoms with van der Waals surface area (Å²) < 4.78 is 27.9. The van der Waals surface area contributed by atoms with Gasteiger partial charge in [-0.05, 0) is 53.8 Å². The van der Waals surface area contributed by atoms with E-state index in [1.54, 1.807) is 36.4 Å². The summed E-state index contributed by atoms with van der Waals surface area (Å²) in [4.78, 5) is 12.5. The molecule has 2 N–H and O–H groups in total. The Morgan fingerprint density at radius 1 is 1.11 bits per heavy atom. The second kappa shape index (κ2) is 9.07. The zero-order chi connectivity index (χ0) is 20.1. The maximum Gasteiger partial charge on any atom is 0.258 e. The van der Waals surface area contributed by atoms with Crippen molar-refractivity contribution in [3.05, 3.63) is 68.2 Å². The number of sulfonamides is 1. The number of amides is 1. The summed E-state index contributed by atoms with van der Waals surface area (Å²) in [6.45, 7) is 2.09. The first kappa shape index (κ1) is 20.8. The van der Waals surface area contributed by atoms with E-state index in [0.29, 0.717) is 22.1 Å². The van der Waals surface area contributed by atoms with Crippen molar-refractivity contribution < 1.29 is 13.2 Å². The van der Waals surface area contributed by atoms with Crippen molar-refractivity contribution >= 4 is 55.0 Å². The fraction of sp³-hybridized carbons (Fsp3) is 0.167. The van der Waals surface area contributed by atoms with E-state index in [-0.39, 0.29) is 17.3 Å². The molecule has 0 radical (unpaired) electrons. The molecule has 0 saturated heterocycles. The van der Waals surface area contributed by atoms with Crippen LogP contribution in [0.3, 0.4) is 0 Å². The van der Waals surface area contributed by atoms with Gasteiger partial charge in [-0.15, -0.1) is 10.2 Å². The summed E-state index contributed by atoms with van der Waals surface area (Å²) in [5, 5.41) is 11.7. The van der Waals surface area contributed by atoms with Crippen LogP contribution in [0, 0.1) is 10.5 Å². The number of hydrogen-bond donors (Lipinski definition) is 2. The van der Waals surface area contributed by atoms with E-state index in [4.69, 9.17) is 0 Å². The predicted molar refractivity (Wildman–Crippen MR) is 117 cm³/mol. The Labute approximate surface area is 180 Å². The third kappa shape index (κ3) is 5.34. The summed E-state index contributed by atoms with van der Waals surface area (Å²) in [6.07, 6.45) is 0.376. The number of nitrogens with zero attached hydrogens (tertiary/aromatic N) is 2. The van der Waals surface area contributed by atoms with Gasteiger partial charge in [0.15, 0.2) is 0 Å². The summed E-state index contributed by atoms with van der Waals surface area (Å²) in [7, 11) is -3.56. The SMILES string of the molecule is Cc1ccc(S(=O)(=O)NCCc2nnc(NC(=O)c3ccccc3I)s2)cc1. The number of aryl methyl sites for hydroxylation is 1. The second-order valence-electron chi connectivity index (χ2n) is 5.90. The first-order chi connectivity index (χ1) is 13.3. The van der Waals surface area contributed by atoms with E-state index in [1.165, 1.54) is 11.3 Å². The van der Waals surface area contributed by atoms with E-state index < -0.39 is 10.0 Å². The lowest BCUT2D eigenvalue weighted by atomic mass is 10.2. The molecule has 0 unspecified atom stereocenters. The molecule has 2 aromatic carbocycles. The molecule has 0 aliphatic heterocycles. The number of anilines is 1. The number of nitrogens with one attached hydrogen (secondary N) is 2. The number of halogens is 1. The van der Waals surface area contributed by atoms with Crippen LogP contribution in [0.2, 0.25) is 0 Å². The normalized spacial score (nSPS) is 11.4. The zero-order valence-electron chi connectivity index (χ0n) is 14.8. The summed E-state index contributed by atoms with van der Waals surface area (Å²) in [6, 6.07) is 13.9. The average Bonchev–Trinajstić information content (AvgIpc) is 3.09. The standard InChI is InChI=1S/C18H17IN4O3S2/c1-12-6-8-13(9-7-12)28(25,26)20-11-10-16-22-23-18(27-16)21-17(24)14-4-2-3-5-15(14)19/h2-9,20H,10-11H2,1H3,(H,21,23,24). The highest BCUT2D eigenvalue weighted by molar-refractivity contribution is 14.1. The van der Waals surface area contributed by atoms with Gasteiger partial charge in [0.2, 0.25) is 15.2 Å². The number of aromatic nitrogens is 2. The van der Waals surface area contributed by atoms with Crippen LogP contribution < -0.4 is 10.0 Å². The van der Waals surface area contributed by atoms with Gasteiger partial charge in [0.25, 0.3) is 5.91 Å². The highest BCUT2D eigenvalue weighted by atomic mass is 127. The Kier molecular flexibility index (Phi) is 6.75. The van der Waals surface area contributed by atoms with Crippen molar-refractivity contribution in [2.75, 3.05) is 11.9 Å². The quantitative estimate of drug-likeness (QED) is 0.459. The zero-order valence-corrected chi connectivity index (χ0v) is 18.6. The van der Waals surface area contributed by atoms with E-state index in [0.717, 1.165) is 9.13 Å². The maximum atomic E-state index is 12.3. The van der Waals surface area contributed by atoms with Crippen LogP contribution in [0.1, 0.15) is 20.9 Å². The molecule has 0 saturated carbocycles. The van der Waals surface area contributed by atoms with Crippen LogP contribution in [-0.4, -0.2) is 31.1 Å². The monoisotopic (exact) mass is 528 g/mol. The lowest BCUT2D eigenvalue weighted by molar-refractivity contribution is 0.102. The van der Waals surface area contributed by atoms with Crippen molar-refractivity contribution in [1.29, 1.82) is 0 Å². The van der Waals surface area contributed by atoms with E-state index in [9.17, 15) is 13.2 Å². The van der Waals surface area contributed by atoms with Crippen molar-refractivity contribution in [2.24, 2.45) is 0 Å². The average molecular weight is 528 g/mol. The number of benzene rings is 2. The van der Waals surface area contributed by atoms with Crippen molar-refractivity contribution in [2.45, 2.75) is 18.2 Å². The van der Waals surface area contributed by atoms with Gasteiger partial charge in [-0.25, -0.2) is 13.1 Å². The number of carbonyl (C=O) groups excluding carboxylic acids is 1. The minimum Gasteiger partial charge on any atom is -0.296 e. The first-order valence-electron chi connectivity index (χ1n) is 8.30. The molecule has 1 amide bonds. The van der Waals surface area contributed by atoms with Crippen molar-refractivity contribution in [3.63, 3.8) is 0 Å². The van der Waals surface area contributed by atoms with Gasteiger partial charge in [-0.2, -0.15) is 0 Å². The van der Waals surface area contributed by atoms with Gasteiger partial charge in [0, 0.05) is 16.5 Å². The third-order valence-corrected chi connectivity index (χ3v) is 7.08. The van der Waals surface area contributed by atoms with Gasteiger partial charge in [0.05, 0.1) is 10.5 Å². The molecule has 0 atom stereocenters. The molecule has 0 aliphatic carbocycles. The predicted octanol–water partition coefficient (Wildman–Crippen LogP) is 3.22. The Bertz CT molecular complexity index is 1080. The van der Waals surface area contributed by atoms with Crippen LogP contribution >= 0.6 is 33.9 Å². The number of rotatable bonds is 7. The minimum absolute atomic E-state index is 0.190. The maximum absolute atomic E-state index is 12.3. The molecular weight excluding hydrogens is 511 g/mol. The van der Waals surface area contributed by atoms with Crippen LogP contribution in [0.4, 0.5) is 5.13 Å². The largest absolute Gasteiger partial charge is 0.296 e. The molecule has 1 aromatic heterocycles. The minimum atomic E-state index is -3.56. The molecule has 0 fully saturated rings. The highest BCUT2D eigenvalue weighted by Gasteiger charge is 2.15. The molecule has 3 aromatic rings. The van der Waals surface area contributed by atoms with Crippen LogP contribution in [-0.2, 0) is 16.4 Å². The summed E-state index contributed by atoms with van der Waals surface area (Å²) >= 11 is 3.32. The van der Waals surface area contributed by atoms with Gasteiger partial charge in [-0.1, -0.05) is 41.2 Å². The molecule has 10 heteroatoms.